The molecule has 176 valence electrons. The summed E-state index contributed by atoms with van der Waals surface area (Å²) in [6, 6.07) is 21.8. The van der Waals surface area contributed by atoms with Gasteiger partial charge in [-0.1, -0.05) is 48.5 Å². The first-order valence-electron chi connectivity index (χ1n) is 11.1. The fourth-order valence-corrected chi connectivity index (χ4v) is 4.49. The van der Waals surface area contributed by atoms with Crippen LogP contribution in [0.2, 0.25) is 0 Å². The second-order valence-electron chi connectivity index (χ2n) is 7.75. The largest absolute Gasteiger partial charge is 0.493 e. The number of hydrogen-bond donors (Lipinski definition) is 1. The summed E-state index contributed by atoms with van der Waals surface area (Å²) in [6.45, 7) is 3.29. The van der Waals surface area contributed by atoms with E-state index in [1.807, 2.05) is 60.7 Å². The molecule has 0 aliphatic heterocycles. The van der Waals surface area contributed by atoms with E-state index < -0.39 is 0 Å². The molecule has 0 atom stereocenters. The lowest BCUT2D eigenvalue weighted by molar-refractivity contribution is 0.282. The number of hydrazone groups is 1. The van der Waals surface area contributed by atoms with Gasteiger partial charge in [0.15, 0.2) is 17.1 Å². The lowest BCUT2D eigenvalue weighted by Gasteiger charge is -2.13. The second-order valence-corrected chi connectivity index (χ2v) is 8.60. The molecule has 2 aromatic heterocycles. The molecule has 3 aromatic carbocycles. The first kappa shape index (κ1) is 22.8. The zero-order chi connectivity index (χ0) is 24.2. The van der Waals surface area contributed by atoms with Crippen molar-refractivity contribution in [1.29, 1.82) is 0 Å². The van der Waals surface area contributed by atoms with Gasteiger partial charge >= 0.3 is 0 Å². The molecule has 0 aliphatic carbocycles. The Balaban J connectivity index is 1.35. The molecule has 0 saturated carbocycles. The predicted molar refractivity (Wildman–Crippen MR) is 141 cm³/mol. The van der Waals surface area contributed by atoms with Crippen molar-refractivity contribution in [3.05, 3.63) is 82.3 Å². The standard InChI is InChI=1S/C26H23BrN6O2/c1-3-33-21-12-8-7-11-19(21)23-25(33)29-26(32-30-23)31-28-15-18-13-20(27)24(22(14-18)34-2)35-16-17-9-5-4-6-10-17/h4-15H,3,16H2,1-2H3,(H,29,31,32)/b28-15+. The molecule has 0 saturated heterocycles. The van der Waals surface area contributed by atoms with Crippen molar-refractivity contribution in [2.24, 2.45) is 5.10 Å². The van der Waals surface area contributed by atoms with Crippen LogP contribution in [0.3, 0.4) is 0 Å². The third kappa shape index (κ3) is 4.67. The van der Waals surface area contributed by atoms with Gasteiger partial charge in [0.1, 0.15) is 12.1 Å². The van der Waals surface area contributed by atoms with E-state index in [2.05, 4.69) is 59.2 Å². The van der Waals surface area contributed by atoms with Gasteiger partial charge in [0, 0.05) is 11.9 Å². The van der Waals surface area contributed by atoms with Gasteiger partial charge in [-0.05, 0) is 52.2 Å². The number of nitrogens with zero attached hydrogens (tertiary/aromatic N) is 5. The van der Waals surface area contributed by atoms with Crippen molar-refractivity contribution in [1.82, 2.24) is 19.7 Å². The third-order valence-electron chi connectivity index (χ3n) is 5.55. The van der Waals surface area contributed by atoms with E-state index in [1.165, 1.54) is 0 Å². The highest BCUT2D eigenvalue weighted by atomic mass is 79.9. The number of anilines is 1. The number of ether oxygens (including phenoxy) is 2. The van der Waals surface area contributed by atoms with Crippen LogP contribution in [0.15, 0.2) is 76.3 Å². The van der Waals surface area contributed by atoms with Crippen molar-refractivity contribution < 1.29 is 9.47 Å². The number of fused-ring (bicyclic) bond motifs is 3. The molecule has 0 spiro atoms. The van der Waals surface area contributed by atoms with E-state index in [1.54, 1.807) is 13.3 Å². The molecule has 9 heteroatoms. The fraction of sp³-hybridized carbons (Fsp3) is 0.154. The minimum atomic E-state index is 0.320. The lowest BCUT2D eigenvalue weighted by atomic mass is 10.2. The van der Waals surface area contributed by atoms with Crippen LogP contribution in [0.4, 0.5) is 5.95 Å². The molecule has 0 aliphatic rings. The molecule has 0 amide bonds. The van der Waals surface area contributed by atoms with Crippen LogP contribution in [-0.4, -0.2) is 33.1 Å². The fourth-order valence-electron chi connectivity index (χ4n) is 3.92. The Labute approximate surface area is 210 Å². The van der Waals surface area contributed by atoms with Gasteiger partial charge in [0.05, 0.1) is 23.3 Å². The average molecular weight is 531 g/mol. The average Bonchev–Trinajstić information content (AvgIpc) is 3.21. The molecule has 0 unspecified atom stereocenters. The Morgan fingerprint density at radius 1 is 1.06 bits per heavy atom. The summed E-state index contributed by atoms with van der Waals surface area (Å²) in [4.78, 5) is 4.64. The highest BCUT2D eigenvalue weighted by Crippen LogP contribution is 2.37. The molecular weight excluding hydrogens is 508 g/mol. The number of halogens is 1. The Bertz CT molecular complexity index is 1520. The van der Waals surface area contributed by atoms with E-state index in [0.717, 1.165) is 44.2 Å². The molecule has 0 fully saturated rings. The first-order chi connectivity index (χ1) is 17.2. The van der Waals surface area contributed by atoms with Crippen molar-refractivity contribution in [2.45, 2.75) is 20.1 Å². The van der Waals surface area contributed by atoms with Crippen LogP contribution in [-0.2, 0) is 13.2 Å². The molecule has 1 N–H and O–H groups in total. The normalized spacial score (nSPS) is 11.4. The van der Waals surface area contributed by atoms with Crippen molar-refractivity contribution in [3.63, 3.8) is 0 Å². The van der Waals surface area contributed by atoms with Crippen LogP contribution in [0.1, 0.15) is 18.1 Å². The van der Waals surface area contributed by atoms with Gasteiger partial charge in [0.25, 0.3) is 5.95 Å². The summed E-state index contributed by atoms with van der Waals surface area (Å²) in [5.74, 6) is 1.55. The minimum Gasteiger partial charge on any atom is -0.493 e. The topological polar surface area (TPSA) is 86.5 Å². The Kier molecular flexibility index (Phi) is 6.58. The predicted octanol–water partition coefficient (Wildman–Crippen LogP) is 5.80. The van der Waals surface area contributed by atoms with Gasteiger partial charge in [-0.2, -0.15) is 10.1 Å². The van der Waals surface area contributed by atoms with Crippen LogP contribution in [0.5, 0.6) is 11.5 Å². The minimum absolute atomic E-state index is 0.320. The molecule has 5 rings (SSSR count). The Hall–Kier alpha value is -3.98. The SMILES string of the molecule is CCn1c2ccccc2c2nnc(N/N=C/c3cc(Br)c(OCc4ccccc4)c(OC)c3)nc21. The summed E-state index contributed by atoms with van der Waals surface area (Å²) in [5, 5.41) is 13.9. The summed E-state index contributed by atoms with van der Waals surface area (Å²) in [7, 11) is 1.61. The van der Waals surface area contributed by atoms with E-state index in [-0.39, 0.29) is 0 Å². The van der Waals surface area contributed by atoms with E-state index in [4.69, 9.17) is 9.47 Å². The monoisotopic (exact) mass is 530 g/mol. The summed E-state index contributed by atoms with van der Waals surface area (Å²) in [5.41, 5.74) is 7.39. The van der Waals surface area contributed by atoms with Gasteiger partial charge in [-0.3, -0.25) is 0 Å². The van der Waals surface area contributed by atoms with Gasteiger partial charge in [-0.15, -0.1) is 10.2 Å². The van der Waals surface area contributed by atoms with Gasteiger partial charge in [0.2, 0.25) is 0 Å². The second kappa shape index (κ2) is 10.1. The van der Waals surface area contributed by atoms with Crippen LogP contribution in [0.25, 0.3) is 22.1 Å². The smallest absolute Gasteiger partial charge is 0.265 e. The zero-order valence-corrected chi connectivity index (χ0v) is 20.9. The van der Waals surface area contributed by atoms with Gasteiger partial charge < -0.3 is 14.0 Å². The maximum Gasteiger partial charge on any atom is 0.265 e. The maximum absolute atomic E-state index is 6.00. The van der Waals surface area contributed by atoms with E-state index in [0.29, 0.717) is 24.1 Å². The first-order valence-corrected chi connectivity index (χ1v) is 11.9. The number of hydrogen-bond acceptors (Lipinski definition) is 7. The van der Waals surface area contributed by atoms with Crippen molar-refractivity contribution in [2.75, 3.05) is 12.5 Å². The highest BCUT2D eigenvalue weighted by molar-refractivity contribution is 9.10. The number of rotatable bonds is 8. The molecule has 2 heterocycles. The Morgan fingerprint density at radius 2 is 1.86 bits per heavy atom. The van der Waals surface area contributed by atoms with Crippen LogP contribution >= 0.6 is 15.9 Å². The molecular formula is C26H23BrN6O2. The molecule has 8 nitrogen and oxygen atoms in total. The number of aromatic nitrogens is 4. The third-order valence-corrected chi connectivity index (χ3v) is 6.14. The van der Waals surface area contributed by atoms with E-state index >= 15 is 0 Å². The number of para-hydroxylation sites is 1. The molecule has 35 heavy (non-hydrogen) atoms. The van der Waals surface area contributed by atoms with Crippen LogP contribution in [0, 0.1) is 0 Å². The zero-order valence-electron chi connectivity index (χ0n) is 19.3. The number of aryl methyl sites for hydroxylation is 1. The van der Waals surface area contributed by atoms with Crippen molar-refractivity contribution >= 4 is 50.2 Å². The van der Waals surface area contributed by atoms with Crippen molar-refractivity contribution in [3.8, 4) is 11.5 Å². The summed E-state index contributed by atoms with van der Waals surface area (Å²) in [6.07, 6.45) is 1.66. The number of benzene rings is 3. The van der Waals surface area contributed by atoms with Crippen LogP contribution < -0.4 is 14.9 Å². The lowest BCUT2D eigenvalue weighted by Crippen LogP contribution is -2.02. The maximum atomic E-state index is 6.00. The molecule has 0 bridgehead atoms. The summed E-state index contributed by atoms with van der Waals surface area (Å²) < 4.78 is 14.4. The quantitative estimate of drug-likeness (QED) is 0.201. The number of nitrogens with one attached hydrogen (secondary N) is 1. The Morgan fingerprint density at radius 3 is 2.66 bits per heavy atom. The highest BCUT2D eigenvalue weighted by Gasteiger charge is 2.14. The molecule has 0 radical (unpaired) electrons. The molecule has 5 aromatic rings. The summed E-state index contributed by atoms with van der Waals surface area (Å²) >= 11 is 3.58. The van der Waals surface area contributed by atoms with E-state index in [9.17, 15) is 0 Å². The number of methoxy groups -OCH3 is 1. The van der Waals surface area contributed by atoms with Gasteiger partial charge in [-0.25, -0.2) is 5.43 Å².